The molecule has 1 rings (SSSR count). The van der Waals surface area contributed by atoms with Crippen molar-refractivity contribution in [3.63, 3.8) is 0 Å². The Morgan fingerprint density at radius 1 is 1.57 bits per heavy atom. The van der Waals surface area contributed by atoms with Gasteiger partial charge in [0.25, 0.3) is 0 Å². The second-order valence-electron chi connectivity index (χ2n) is 3.06. The lowest BCUT2D eigenvalue weighted by Crippen LogP contribution is -2.06. The van der Waals surface area contributed by atoms with Gasteiger partial charge in [0.05, 0.1) is 5.56 Å². The Hall–Kier alpha value is -1.06. The quantitative estimate of drug-likeness (QED) is 0.806. The van der Waals surface area contributed by atoms with Gasteiger partial charge < -0.3 is 10.8 Å². The molecule has 3 N–H and O–H groups in total. The molecule has 0 aliphatic heterocycles. The van der Waals surface area contributed by atoms with E-state index in [9.17, 15) is 4.79 Å². The lowest BCUT2D eigenvalue weighted by molar-refractivity contribution is 0.0696. The third-order valence-corrected chi connectivity index (χ3v) is 2.64. The van der Waals surface area contributed by atoms with Crippen LogP contribution in [-0.4, -0.2) is 17.6 Å². The van der Waals surface area contributed by atoms with E-state index in [-0.39, 0.29) is 5.56 Å². The van der Waals surface area contributed by atoms with Gasteiger partial charge in [-0.2, -0.15) is 0 Å². The highest BCUT2D eigenvalue weighted by Crippen LogP contribution is 2.24. The summed E-state index contributed by atoms with van der Waals surface area (Å²) in [6.45, 7) is 2.21. The second-order valence-corrected chi connectivity index (χ2v) is 3.43. The highest BCUT2D eigenvalue weighted by Gasteiger charge is 2.12. The van der Waals surface area contributed by atoms with Crippen molar-refractivity contribution < 1.29 is 9.90 Å². The zero-order valence-electron chi connectivity index (χ0n) is 7.88. The molecule has 0 amide bonds. The lowest BCUT2D eigenvalue weighted by Gasteiger charge is -2.08. The Balaban J connectivity index is 3.19. The molecule has 0 aliphatic carbocycles. The first-order valence-electron chi connectivity index (χ1n) is 4.29. The van der Waals surface area contributed by atoms with Gasteiger partial charge in [-0.3, -0.25) is 0 Å². The third-order valence-electron chi connectivity index (χ3n) is 2.11. The van der Waals surface area contributed by atoms with Crippen LogP contribution in [0.3, 0.4) is 0 Å². The van der Waals surface area contributed by atoms with Crippen LogP contribution in [0.15, 0.2) is 12.1 Å². The Morgan fingerprint density at radius 2 is 2.21 bits per heavy atom. The Morgan fingerprint density at radius 3 is 2.71 bits per heavy atom. The molecule has 0 bridgehead atoms. The van der Waals surface area contributed by atoms with Gasteiger partial charge in [0.2, 0.25) is 0 Å². The number of nitrogens with two attached hydrogens (primary N) is 1. The smallest absolute Gasteiger partial charge is 0.336 e. The van der Waals surface area contributed by atoms with Crippen LogP contribution in [0.1, 0.15) is 21.5 Å². The summed E-state index contributed by atoms with van der Waals surface area (Å²) in [4.78, 5) is 10.8. The fraction of sp³-hybridized carbons (Fsp3) is 0.300. The second kappa shape index (κ2) is 4.44. The normalized spacial score (nSPS) is 10.2. The molecule has 1 aromatic rings. The van der Waals surface area contributed by atoms with Gasteiger partial charge in [0.15, 0.2) is 0 Å². The molecule has 0 saturated heterocycles. The van der Waals surface area contributed by atoms with Crippen molar-refractivity contribution in [1.29, 1.82) is 0 Å². The number of hydrogen-bond acceptors (Lipinski definition) is 2. The third kappa shape index (κ3) is 2.05. The zero-order valence-corrected chi connectivity index (χ0v) is 8.64. The molecule has 0 radical (unpaired) electrons. The molecular formula is C10H12ClNO2. The summed E-state index contributed by atoms with van der Waals surface area (Å²) in [5, 5.41) is 9.34. The van der Waals surface area contributed by atoms with E-state index in [0.29, 0.717) is 23.6 Å². The predicted octanol–water partition coefficient (Wildman–Crippen LogP) is 1.85. The van der Waals surface area contributed by atoms with Crippen molar-refractivity contribution >= 4 is 17.6 Å². The minimum absolute atomic E-state index is 0.246. The van der Waals surface area contributed by atoms with E-state index in [1.165, 1.54) is 0 Å². The highest BCUT2D eigenvalue weighted by atomic mass is 35.5. The van der Waals surface area contributed by atoms with Gasteiger partial charge in [-0.25, -0.2) is 4.79 Å². The topological polar surface area (TPSA) is 63.3 Å². The molecule has 4 heteroatoms. The van der Waals surface area contributed by atoms with Crippen molar-refractivity contribution in [3.05, 3.63) is 33.8 Å². The minimum atomic E-state index is -0.955. The standard InChI is InChI=1S/C10H12ClNO2/c1-6-8(10(13)14)3-2-7(4-5-12)9(6)11/h2-3H,4-5,12H2,1H3,(H,13,14). The molecule has 14 heavy (non-hydrogen) atoms. The molecule has 0 fully saturated rings. The van der Waals surface area contributed by atoms with E-state index in [2.05, 4.69) is 0 Å². The largest absolute Gasteiger partial charge is 0.478 e. The van der Waals surface area contributed by atoms with Crippen LogP contribution >= 0.6 is 11.6 Å². The van der Waals surface area contributed by atoms with Crippen LogP contribution in [-0.2, 0) is 6.42 Å². The number of halogens is 1. The first-order chi connectivity index (χ1) is 6.57. The number of carboxylic acid groups (broad SMARTS) is 1. The summed E-state index contributed by atoms with van der Waals surface area (Å²) in [5.74, 6) is -0.955. The van der Waals surface area contributed by atoms with Crippen molar-refractivity contribution in [2.24, 2.45) is 5.73 Å². The van der Waals surface area contributed by atoms with Crippen molar-refractivity contribution in [2.45, 2.75) is 13.3 Å². The predicted molar refractivity (Wildman–Crippen MR) is 55.9 cm³/mol. The lowest BCUT2D eigenvalue weighted by atomic mass is 10.0. The number of benzene rings is 1. The molecule has 0 saturated carbocycles. The van der Waals surface area contributed by atoms with E-state index in [1.807, 2.05) is 0 Å². The van der Waals surface area contributed by atoms with Gasteiger partial charge >= 0.3 is 5.97 Å². The number of carboxylic acids is 1. The molecule has 0 spiro atoms. The summed E-state index contributed by atoms with van der Waals surface area (Å²) in [6.07, 6.45) is 0.666. The summed E-state index contributed by atoms with van der Waals surface area (Å²) >= 11 is 6.00. The van der Waals surface area contributed by atoms with Gasteiger partial charge in [-0.15, -0.1) is 0 Å². The average molecular weight is 214 g/mol. The number of carbonyl (C=O) groups is 1. The zero-order chi connectivity index (χ0) is 10.7. The summed E-state index contributed by atoms with van der Waals surface area (Å²) in [6, 6.07) is 3.28. The van der Waals surface area contributed by atoms with Gasteiger partial charge in [-0.1, -0.05) is 17.7 Å². The fourth-order valence-electron chi connectivity index (χ4n) is 1.32. The van der Waals surface area contributed by atoms with Gasteiger partial charge in [0, 0.05) is 5.02 Å². The molecule has 3 nitrogen and oxygen atoms in total. The van der Waals surface area contributed by atoms with E-state index in [0.717, 1.165) is 5.56 Å². The molecular weight excluding hydrogens is 202 g/mol. The molecule has 0 aliphatic rings. The number of aromatic carboxylic acids is 1. The molecule has 0 unspecified atom stereocenters. The van der Waals surface area contributed by atoms with Crippen molar-refractivity contribution in [1.82, 2.24) is 0 Å². The first kappa shape index (κ1) is 11.0. The molecule has 0 heterocycles. The summed E-state index contributed by atoms with van der Waals surface area (Å²) < 4.78 is 0. The summed E-state index contributed by atoms with van der Waals surface area (Å²) in [5.41, 5.74) is 7.15. The van der Waals surface area contributed by atoms with Crippen LogP contribution in [0.25, 0.3) is 0 Å². The van der Waals surface area contributed by atoms with Gasteiger partial charge in [-0.05, 0) is 37.1 Å². The monoisotopic (exact) mass is 213 g/mol. The van der Waals surface area contributed by atoms with Crippen LogP contribution < -0.4 is 5.73 Å². The van der Waals surface area contributed by atoms with Crippen molar-refractivity contribution in [3.8, 4) is 0 Å². The minimum Gasteiger partial charge on any atom is -0.478 e. The molecule has 1 aromatic carbocycles. The Bertz CT molecular complexity index is 363. The fourth-order valence-corrected chi connectivity index (χ4v) is 1.58. The van der Waals surface area contributed by atoms with Crippen LogP contribution in [0.4, 0.5) is 0 Å². The SMILES string of the molecule is Cc1c(C(=O)O)ccc(CCN)c1Cl. The number of hydrogen-bond donors (Lipinski definition) is 2. The van der Waals surface area contributed by atoms with Crippen LogP contribution in [0.5, 0.6) is 0 Å². The highest BCUT2D eigenvalue weighted by molar-refractivity contribution is 6.32. The van der Waals surface area contributed by atoms with Crippen LogP contribution in [0.2, 0.25) is 5.02 Å². The maximum Gasteiger partial charge on any atom is 0.336 e. The van der Waals surface area contributed by atoms with Crippen molar-refractivity contribution in [2.75, 3.05) is 6.54 Å². The molecule has 0 atom stereocenters. The number of rotatable bonds is 3. The summed E-state index contributed by atoms with van der Waals surface area (Å²) in [7, 11) is 0. The van der Waals surface area contributed by atoms with Crippen LogP contribution in [0, 0.1) is 6.92 Å². The maximum atomic E-state index is 10.8. The molecule has 76 valence electrons. The van der Waals surface area contributed by atoms with E-state index in [4.69, 9.17) is 22.4 Å². The van der Waals surface area contributed by atoms with E-state index >= 15 is 0 Å². The Kier molecular flexibility index (Phi) is 3.49. The molecule has 0 aromatic heterocycles. The van der Waals surface area contributed by atoms with Gasteiger partial charge in [0.1, 0.15) is 0 Å². The maximum absolute atomic E-state index is 10.8. The Labute approximate surface area is 87.5 Å². The first-order valence-corrected chi connectivity index (χ1v) is 4.67. The van der Waals surface area contributed by atoms with E-state index < -0.39 is 5.97 Å². The van der Waals surface area contributed by atoms with E-state index in [1.54, 1.807) is 19.1 Å². The average Bonchev–Trinajstić information content (AvgIpc) is 2.13.